The van der Waals surface area contributed by atoms with E-state index >= 15 is 0 Å². The van der Waals surface area contributed by atoms with Crippen LogP contribution < -0.4 is 19.7 Å². The lowest BCUT2D eigenvalue weighted by Crippen LogP contribution is -2.38. The topological polar surface area (TPSA) is 97.4 Å². The zero-order chi connectivity index (χ0) is 29.6. The van der Waals surface area contributed by atoms with Gasteiger partial charge in [0.15, 0.2) is 11.5 Å². The highest BCUT2D eigenvalue weighted by molar-refractivity contribution is 9.10. The molecule has 1 N–H and O–H groups in total. The van der Waals surface area contributed by atoms with Gasteiger partial charge in [0.2, 0.25) is 5.91 Å². The number of benzene rings is 3. The van der Waals surface area contributed by atoms with Crippen molar-refractivity contribution in [2.45, 2.75) is 6.61 Å². The molecule has 3 aromatic rings. The Morgan fingerprint density at radius 3 is 2.67 bits per heavy atom. The molecule has 3 aromatic carbocycles. The third-order valence-corrected chi connectivity index (χ3v) is 8.02. The zero-order valence-corrected chi connectivity index (χ0v) is 25.0. The molecule has 0 saturated carbocycles. The van der Waals surface area contributed by atoms with Crippen LogP contribution in [0.4, 0.5) is 20.6 Å². The molecule has 2 aliphatic heterocycles. The van der Waals surface area contributed by atoms with Gasteiger partial charge >= 0.3 is 0 Å². The van der Waals surface area contributed by atoms with Gasteiger partial charge in [-0.05, 0) is 81.3 Å². The van der Waals surface area contributed by atoms with E-state index in [0.717, 1.165) is 22.3 Å². The van der Waals surface area contributed by atoms with Gasteiger partial charge in [0.25, 0.3) is 11.1 Å². The van der Waals surface area contributed by atoms with Crippen molar-refractivity contribution in [1.82, 2.24) is 4.90 Å². The number of imide groups is 1. The molecular weight excluding hydrogens is 629 g/mol. The molecule has 2 fully saturated rings. The van der Waals surface area contributed by atoms with Crippen molar-refractivity contribution in [3.05, 3.63) is 87.0 Å². The second-order valence-corrected chi connectivity index (χ2v) is 11.2. The van der Waals surface area contributed by atoms with Crippen molar-refractivity contribution in [3.8, 4) is 11.5 Å². The minimum absolute atomic E-state index is 0.115. The van der Waals surface area contributed by atoms with Crippen molar-refractivity contribution in [1.29, 1.82) is 0 Å². The van der Waals surface area contributed by atoms with Gasteiger partial charge in [-0.15, -0.1) is 0 Å². The lowest BCUT2D eigenvalue weighted by molar-refractivity contribution is -0.127. The highest BCUT2D eigenvalue weighted by Crippen LogP contribution is 2.39. The molecule has 2 saturated heterocycles. The van der Waals surface area contributed by atoms with Gasteiger partial charge in [-0.25, -0.2) is 4.39 Å². The van der Waals surface area contributed by atoms with E-state index in [-0.39, 0.29) is 17.3 Å². The minimum atomic E-state index is -0.567. The van der Waals surface area contributed by atoms with Gasteiger partial charge in [0.1, 0.15) is 19.0 Å². The first kappa shape index (κ1) is 29.6. The van der Waals surface area contributed by atoms with E-state index in [1.165, 1.54) is 19.2 Å². The van der Waals surface area contributed by atoms with Crippen LogP contribution in [0.5, 0.6) is 11.5 Å². The lowest BCUT2D eigenvalue weighted by Gasteiger charge is -2.30. The number of carbonyl (C=O) groups is 3. The molecular formula is C30H27BrFN3O6S. The summed E-state index contributed by atoms with van der Waals surface area (Å²) in [4.78, 5) is 42.0. The van der Waals surface area contributed by atoms with Gasteiger partial charge in [-0.2, -0.15) is 0 Å². The smallest absolute Gasteiger partial charge is 0.294 e. The number of para-hydroxylation sites is 2. The van der Waals surface area contributed by atoms with Crippen LogP contribution in [0.3, 0.4) is 0 Å². The summed E-state index contributed by atoms with van der Waals surface area (Å²) in [5.74, 6) is -0.626. The molecule has 0 bridgehead atoms. The van der Waals surface area contributed by atoms with Gasteiger partial charge in [-0.3, -0.25) is 19.3 Å². The number of rotatable bonds is 9. The van der Waals surface area contributed by atoms with E-state index in [9.17, 15) is 18.8 Å². The maximum atomic E-state index is 13.5. The van der Waals surface area contributed by atoms with Crippen molar-refractivity contribution in [3.63, 3.8) is 0 Å². The third kappa shape index (κ3) is 6.94. The van der Waals surface area contributed by atoms with E-state index in [4.69, 9.17) is 14.2 Å². The number of hydrogen-bond donors (Lipinski definition) is 1. The standard InChI is InChI=1S/C30H27BrFN3O6S/c1-39-25-15-20(14-22(31)28(25)41-18-19-5-4-6-21(32)13-19)16-26-29(37)35(30(38)42-26)17-27(36)33-23-7-2-3-8-24(23)34-9-11-40-12-10-34/h2-8,13-16H,9-12,17-18H2,1H3,(H,33,36)/b26-16+. The summed E-state index contributed by atoms with van der Waals surface area (Å²) in [5.41, 5.74) is 2.68. The summed E-state index contributed by atoms with van der Waals surface area (Å²) in [6.07, 6.45) is 1.56. The Balaban J connectivity index is 1.27. The van der Waals surface area contributed by atoms with Crippen LogP contribution in [-0.2, 0) is 20.9 Å². The third-order valence-electron chi connectivity index (χ3n) is 6.53. The van der Waals surface area contributed by atoms with Crippen molar-refractivity contribution >= 4 is 62.2 Å². The first-order valence-corrected chi connectivity index (χ1v) is 14.6. The van der Waals surface area contributed by atoms with Gasteiger partial charge < -0.3 is 24.4 Å². The zero-order valence-electron chi connectivity index (χ0n) is 22.6. The van der Waals surface area contributed by atoms with Crippen LogP contribution >= 0.6 is 27.7 Å². The Hall–Kier alpha value is -3.87. The van der Waals surface area contributed by atoms with Gasteiger partial charge in [-0.1, -0.05) is 24.3 Å². The molecule has 12 heteroatoms. The number of nitrogens with zero attached hydrogens (tertiary/aromatic N) is 2. The van der Waals surface area contributed by atoms with Crippen LogP contribution in [0.2, 0.25) is 0 Å². The van der Waals surface area contributed by atoms with E-state index in [1.807, 2.05) is 18.2 Å². The number of amides is 3. The average molecular weight is 657 g/mol. The number of morpholine rings is 1. The van der Waals surface area contributed by atoms with E-state index < -0.39 is 23.6 Å². The first-order chi connectivity index (χ1) is 20.3. The van der Waals surface area contributed by atoms with Crippen LogP contribution in [0.15, 0.2) is 70.0 Å². The second kappa shape index (κ2) is 13.4. The molecule has 9 nitrogen and oxygen atoms in total. The highest BCUT2D eigenvalue weighted by Gasteiger charge is 2.36. The molecule has 5 rings (SSSR count). The number of carbonyl (C=O) groups excluding carboxylic acids is 3. The first-order valence-electron chi connectivity index (χ1n) is 13.0. The predicted octanol–water partition coefficient (Wildman–Crippen LogP) is 5.69. The number of thioether (sulfide) groups is 1. The molecule has 2 heterocycles. The average Bonchev–Trinajstić information content (AvgIpc) is 3.24. The van der Waals surface area contributed by atoms with Crippen molar-refractivity contribution in [2.75, 3.05) is 50.2 Å². The Bertz CT molecular complexity index is 1550. The fourth-order valence-electron chi connectivity index (χ4n) is 4.53. The molecule has 0 atom stereocenters. The summed E-state index contributed by atoms with van der Waals surface area (Å²) >= 11 is 4.23. The Morgan fingerprint density at radius 2 is 1.90 bits per heavy atom. The number of halogens is 2. The number of hydrogen-bond acceptors (Lipinski definition) is 8. The number of anilines is 2. The van der Waals surface area contributed by atoms with Gasteiger partial charge in [0, 0.05) is 13.1 Å². The van der Waals surface area contributed by atoms with Crippen molar-refractivity contribution < 1.29 is 33.0 Å². The minimum Gasteiger partial charge on any atom is -0.493 e. The van der Waals surface area contributed by atoms with Crippen molar-refractivity contribution in [2.24, 2.45) is 0 Å². The van der Waals surface area contributed by atoms with E-state index in [1.54, 1.807) is 36.4 Å². The van der Waals surface area contributed by atoms with E-state index in [0.29, 0.717) is 59.1 Å². The fourth-order valence-corrected chi connectivity index (χ4v) is 5.94. The van der Waals surface area contributed by atoms with Crippen LogP contribution in [0.1, 0.15) is 11.1 Å². The number of ether oxygens (including phenoxy) is 3. The molecule has 2 aliphatic rings. The highest BCUT2D eigenvalue weighted by atomic mass is 79.9. The summed E-state index contributed by atoms with van der Waals surface area (Å²) in [6.45, 7) is 2.28. The predicted molar refractivity (Wildman–Crippen MR) is 162 cm³/mol. The Morgan fingerprint density at radius 1 is 1.12 bits per heavy atom. The summed E-state index contributed by atoms with van der Waals surface area (Å²) in [5, 5.41) is 2.30. The maximum Gasteiger partial charge on any atom is 0.294 e. The molecule has 3 amide bonds. The summed E-state index contributed by atoms with van der Waals surface area (Å²) < 4.78 is 30.8. The maximum absolute atomic E-state index is 13.5. The second-order valence-electron chi connectivity index (χ2n) is 9.39. The molecule has 42 heavy (non-hydrogen) atoms. The quantitative estimate of drug-likeness (QED) is 0.294. The van der Waals surface area contributed by atoms with Crippen LogP contribution in [0, 0.1) is 5.82 Å². The molecule has 0 aromatic heterocycles. The van der Waals surface area contributed by atoms with E-state index in [2.05, 4.69) is 26.1 Å². The fraction of sp³-hybridized carbons (Fsp3) is 0.233. The SMILES string of the molecule is COc1cc(/C=C2/SC(=O)N(CC(=O)Nc3ccccc3N3CCOCC3)C2=O)cc(Br)c1OCc1cccc(F)c1. The van der Waals surface area contributed by atoms with Crippen LogP contribution in [0.25, 0.3) is 6.08 Å². The van der Waals surface area contributed by atoms with Crippen LogP contribution in [-0.4, -0.2) is 61.9 Å². The Labute approximate surface area is 254 Å². The number of nitrogens with one attached hydrogen (secondary N) is 1. The largest absolute Gasteiger partial charge is 0.493 e. The molecule has 0 aliphatic carbocycles. The van der Waals surface area contributed by atoms with Gasteiger partial charge in [0.05, 0.1) is 41.1 Å². The summed E-state index contributed by atoms with van der Waals surface area (Å²) in [7, 11) is 1.48. The molecule has 0 radical (unpaired) electrons. The molecule has 0 spiro atoms. The normalized spacial score (nSPS) is 16.2. The molecule has 0 unspecified atom stereocenters. The Kier molecular flexibility index (Phi) is 9.45. The summed E-state index contributed by atoms with van der Waals surface area (Å²) in [6, 6.07) is 16.9. The monoisotopic (exact) mass is 655 g/mol. The number of methoxy groups -OCH3 is 1. The molecule has 218 valence electrons. The lowest BCUT2D eigenvalue weighted by atomic mass is 10.1.